The van der Waals surface area contributed by atoms with E-state index in [0.717, 1.165) is 83.2 Å². The van der Waals surface area contributed by atoms with Crippen molar-refractivity contribution in [1.29, 1.82) is 0 Å². The molecule has 336 valence electrons. The minimum absolute atomic E-state index is 0.843. The topological polar surface area (TPSA) is 33.9 Å². The number of fused-ring (bicyclic) bond motifs is 14. The summed E-state index contributed by atoms with van der Waals surface area (Å²) in [4.78, 5) is 2.30. The first kappa shape index (κ1) is 40.3. The van der Waals surface area contributed by atoms with Crippen molar-refractivity contribution >= 4 is 98.9 Å². The van der Waals surface area contributed by atoms with Gasteiger partial charge >= 0.3 is 0 Å². The monoisotopic (exact) mass is 918 g/mol. The zero-order valence-corrected chi connectivity index (χ0v) is 39.0. The van der Waals surface area contributed by atoms with Crippen LogP contribution >= 0.6 is 0 Å². The molecule has 0 radical (unpaired) electrons. The predicted octanol–water partition coefficient (Wildman–Crippen LogP) is 19.3. The number of para-hydroxylation sites is 2. The molecule has 11 aromatic carbocycles. The number of aromatic nitrogens is 1. The maximum absolute atomic E-state index is 6.44. The smallest absolute Gasteiger partial charge is 0.137 e. The lowest BCUT2D eigenvalue weighted by Crippen LogP contribution is -2.09. The Morgan fingerprint density at radius 1 is 0.278 bits per heavy atom. The van der Waals surface area contributed by atoms with Crippen LogP contribution in [0.2, 0.25) is 0 Å². The number of pyridine rings is 1. The normalized spacial score (nSPS) is 11.9. The highest BCUT2D eigenvalue weighted by Crippen LogP contribution is 2.47. The van der Waals surface area contributed by atoms with E-state index in [2.05, 4.69) is 240 Å². The summed E-state index contributed by atoms with van der Waals surface area (Å²) in [7, 11) is 0. The van der Waals surface area contributed by atoms with Gasteiger partial charge in [-0.3, -0.25) is 0 Å². The Kier molecular flexibility index (Phi) is 8.92. The fourth-order valence-electron chi connectivity index (χ4n) is 11.5. The second-order valence-electron chi connectivity index (χ2n) is 18.8. The molecule has 15 aromatic rings. The molecule has 4 heteroatoms. The number of hydrogen-bond acceptors (Lipinski definition) is 3. The van der Waals surface area contributed by atoms with Crippen LogP contribution in [-0.2, 0) is 0 Å². The lowest BCUT2D eigenvalue weighted by atomic mass is 9.92. The van der Waals surface area contributed by atoms with E-state index >= 15 is 0 Å². The summed E-state index contributed by atoms with van der Waals surface area (Å²) in [5.74, 6) is 0. The Morgan fingerprint density at radius 3 is 1.43 bits per heavy atom. The van der Waals surface area contributed by atoms with E-state index in [1.807, 2.05) is 24.3 Å². The van der Waals surface area contributed by atoms with Crippen molar-refractivity contribution < 1.29 is 8.83 Å². The van der Waals surface area contributed by atoms with Crippen molar-refractivity contribution in [2.45, 2.75) is 0 Å². The standard InChI is InChI=1S/C68H42N2O2/c1-2-15-45(16-3-1)65-66-59-25-6-4-21-53(59)54-22-5-7-26-60(54)68(66)69-38-14-27-52(67(65)69)44-32-30-43(31-33-44)46-17-12-18-47(39-46)48-19-13-20-49(40-48)70(50-34-36-57-55-23-8-10-28-61(55)71-63(57)41-50)51-35-37-58-56-24-9-11-29-62(56)72-64(58)42-51/h1-42H. The van der Waals surface area contributed by atoms with Gasteiger partial charge in [-0.05, 0) is 110 Å². The van der Waals surface area contributed by atoms with Crippen molar-refractivity contribution in [3.8, 4) is 44.5 Å². The maximum atomic E-state index is 6.44. The highest BCUT2D eigenvalue weighted by Gasteiger charge is 2.23. The van der Waals surface area contributed by atoms with Gasteiger partial charge in [0.25, 0.3) is 0 Å². The number of anilines is 3. The summed E-state index contributed by atoms with van der Waals surface area (Å²) < 4.78 is 15.3. The molecule has 15 rings (SSSR count). The third-order valence-electron chi connectivity index (χ3n) is 14.8. The molecule has 0 unspecified atom stereocenters. The molecule has 0 fully saturated rings. The number of nitrogens with zero attached hydrogens (tertiary/aromatic N) is 2. The van der Waals surface area contributed by atoms with Crippen molar-refractivity contribution in [3.05, 3.63) is 255 Å². The summed E-state index contributed by atoms with van der Waals surface area (Å²) in [5, 5.41) is 10.7. The first-order valence-electron chi connectivity index (χ1n) is 24.6. The molecule has 72 heavy (non-hydrogen) atoms. The Balaban J connectivity index is 0.830. The van der Waals surface area contributed by atoms with Crippen LogP contribution in [-0.4, -0.2) is 4.40 Å². The van der Waals surface area contributed by atoms with Gasteiger partial charge in [0.05, 0.1) is 11.0 Å². The Bertz CT molecular complexity index is 4520. The van der Waals surface area contributed by atoms with Crippen LogP contribution in [0.15, 0.2) is 264 Å². The number of hydrogen-bond donors (Lipinski definition) is 0. The van der Waals surface area contributed by atoms with Gasteiger partial charge in [-0.25, -0.2) is 0 Å². The van der Waals surface area contributed by atoms with Gasteiger partial charge in [0, 0.05) is 78.8 Å². The summed E-state index contributed by atoms with van der Waals surface area (Å²) in [5.41, 5.74) is 18.3. The van der Waals surface area contributed by atoms with Gasteiger partial charge in [0.1, 0.15) is 22.3 Å². The Morgan fingerprint density at radius 2 is 0.764 bits per heavy atom. The SMILES string of the molecule is c1ccc(-c2c3c4ccccc4c4ccccc4c3n3cccc(-c4ccc(-c5cccc(-c6cccc(N(c7ccc8c(c7)oc7ccccc78)c7ccc8c(c7)oc7ccccc78)c6)c5)cc4)c23)cc1. The van der Waals surface area contributed by atoms with Crippen LogP contribution in [0, 0.1) is 0 Å². The van der Waals surface area contributed by atoms with E-state index in [9.17, 15) is 0 Å². The molecule has 0 bridgehead atoms. The fourth-order valence-corrected chi connectivity index (χ4v) is 11.5. The van der Waals surface area contributed by atoms with Crippen LogP contribution in [0.5, 0.6) is 0 Å². The highest BCUT2D eigenvalue weighted by atomic mass is 16.3. The van der Waals surface area contributed by atoms with E-state index in [1.54, 1.807) is 0 Å². The maximum Gasteiger partial charge on any atom is 0.137 e. The molecule has 0 N–H and O–H groups in total. The molecule has 4 aromatic heterocycles. The summed E-state index contributed by atoms with van der Waals surface area (Å²) in [6.07, 6.45) is 2.24. The van der Waals surface area contributed by atoms with E-state index < -0.39 is 0 Å². The third kappa shape index (κ3) is 6.26. The van der Waals surface area contributed by atoms with Crippen LogP contribution in [0.1, 0.15) is 0 Å². The van der Waals surface area contributed by atoms with Gasteiger partial charge in [0.2, 0.25) is 0 Å². The molecule has 4 nitrogen and oxygen atoms in total. The highest BCUT2D eigenvalue weighted by molar-refractivity contribution is 6.31. The van der Waals surface area contributed by atoms with Crippen molar-refractivity contribution in [2.75, 3.05) is 4.90 Å². The average Bonchev–Trinajstić information content (AvgIpc) is 4.13. The summed E-state index contributed by atoms with van der Waals surface area (Å²) >= 11 is 0. The van der Waals surface area contributed by atoms with Crippen LogP contribution in [0.25, 0.3) is 126 Å². The van der Waals surface area contributed by atoms with Gasteiger partial charge in [-0.2, -0.15) is 0 Å². The van der Waals surface area contributed by atoms with Crippen LogP contribution < -0.4 is 4.90 Å². The molecule has 0 saturated carbocycles. The molecule has 0 aliphatic rings. The van der Waals surface area contributed by atoms with Crippen molar-refractivity contribution in [1.82, 2.24) is 4.40 Å². The molecular formula is C68H42N2O2. The molecule has 0 aliphatic carbocycles. The van der Waals surface area contributed by atoms with Gasteiger partial charge in [0.15, 0.2) is 0 Å². The number of furan rings is 2. The molecule has 4 heterocycles. The van der Waals surface area contributed by atoms with Gasteiger partial charge in [-0.1, -0.05) is 176 Å². The first-order chi connectivity index (χ1) is 35.7. The summed E-state index contributed by atoms with van der Waals surface area (Å²) in [6.45, 7) is 0. The zero-order chi connectivity index (χ0) is 47.3. The lowest BCUT2D eigenvalue weighted by molar-refractivity contribution is 0.669. The van der Waals surface area contributed by atoms with Crippen molar-refractivity contribution in [2.24, 2.45) is 0 Å². The molecule has 0 saturated heterocycles. The average molecular weight is 919 g/mol. The van der Waals surface area contributed by atoms with E-state index in [-0.39, 0.29) is 0 Å². The zero-order valence-electron chi connectivity index (χ0n) is 39.0. The minimum Gasteiger partial charge on any atom is -0.456 e. The third-order valence-corrected chi connectivity index (χ3v) is 14.8. The fraction of sp³-hybridized carbons (Fsp3) is 0. The Hall–Kier alpha value is -9.64. The van der Waals surface area contributed by atoms with Gasteiger partial charge in [-0.15, -0.1) is 0 Å². The molecule has 0 spiro atoms. The second kappa shape index (κ2) is 16.0. The molecular weight excluding hydrogens is 877 g/mol. The lowest BCUT2D eigenvalue weighted by Gasteiger charge is -2.26. The van der Waals surface area contributed by atoms with E-state index in [0.29, 0.717) is 0 Å². The molecule has 0 aliphatic heterocycles. The van der Waals surface area contributed by atoms with Crippen LogP contribution in [0.3, 0.4) is 0 Å². The van der Waals surface area contributed by atoms with Crippen LogP contribution in [0.4, 0.5) is 17.1 Å². The molecule has 0 atom stereocenters. The van der Waals surface area contributed by atoms with E-state index in [1.165, 1.54) is 60.2 Å². The predicted molar refractivity (Wildman–Crippen MR) is 301 cm³/mol. The van der Waals surface area contributed by atoms with E-state index in [4.69, 9.17) is 8.83 Å². The number of rotatable bonds is 7. The second-order valence-corrected chi connectivity index (χ2v) is 18.8. The minimum atomic E-state index is 0.843. The first-order valence-corrected chi connectivity index (χ1v) is 24.6. The quantitative estimate of drug-likeness (QED) is 0.149. The molecule has 0 amide bonds. The van der Waals surface area contributed by atoms with Gasteiger partial charge < -0.3 is 18.1 Å². The summed E-state index contributed by atoms with van der Waals surface area (Å²) in [6, 6.07) is 89.5. The Labute approximate surface area is 414 Å². The number of benzene rings is 11. The largest absolute Gasteiger partial charge is 0.456 e. The van der Waals surface area contributed by atoms with Crippen molar-refractivity contribution in [3.63, 3.8) is 0 Å².